The van der Waals surface area contributed by atoms with Crippen molar-refractivity contribution in [2.75, 3.05) is 0 Å². The molecule has 0 fully saturated rings. The molecule has 2 aliphatic rings. The second-order valence-electron chi connectivity index (χ2n) is 5.85. The quantitative estimate of drug-likeness (QED) is 0.628. The molecule has 0 spiro atoms. The van der Waals surface area contributed by atoms with Crippen LogP contribution in [-0.2, 0) is 16.0 Å². The Kier molecular flexibility index (Phi) is 3.41. The molecule has 1 atom stereocenters. The molecule has 0 aliphatic carbocycles. The summed E-state index contributed by atoms with van der Waals surface area (Å²) in [6.07, 6.45) is 2.67. The van der Waals surface area contributed by atoms with Gasteiger partial charge in [-0.1, -0.05) is 12.1 Å². The molecule has 0 aromatic heterocycles. The molecule has 24 heavy (non-hydrogen) atoms. The molecular weight excluding hydrogens is 309 g/mol. The van der Waals surface area contributed by atoms with E-state index in [1.54, 1.807) is 18.2 Å². The largest absolute Gasteiger partial charge is 0.490 e. The van der Waals surface area contributed by atoms with Gasteiger partial charge in [-0.15, -0.1) is 0 Å². The lowest BCUT2D eigenvalue weighted by atomic mass is 10.1. The Morgan fingerprint density at radius 3 is 2.96 bits per heavy atom. The monoisotopic (exact) mass is 323 g/mol. The number of halogens is 1. The Morgan fingerprint density at radius 1 is 1.25 bits per heavy atom. The maximum Gasteiger partial charge on any atom is 0.363 e. The van der Waals surface area contributed by atoms with Crippen molar-refractivity contribution < 1.29 is 18.7 Å². The first-order valence-corrected chi connectivity index (χ1v) is 7.66. The number of aliphatic imine (C=N–C) groups is 1. The highest BCUT2D eigenvalue weighted by molar-refractivity contribution is 6.12. The highest BCUT2D eigenvalue weighted by Gasteiger charge is 2.25. The van der Waals surface area contributed by atoms with Crippen LogP contribution in [-0.4, -0.2) is 18.0 Å². The average molecular weight is 323 g/mol. The number of rotatable bonds is 2. The standard InChI is InChI=1S/C19H14FNO3/c1-11-7-14-8-12(5-6-17(14)23-11)9-16-19(22)24-18(21-16)13-3-2-4-15(20)10-13/h2-6,8-11H,7H2,1H3/b16-9+. The third-order valence-electron chi connectivity index (χ3n) is 3.92. The fourth-order valence-electron chi connectivity index (χ4n) is 2.84. The molecule has 120 valence electrons. The smallest absolute Gasteiger partial charge is 0.363 e. The van der Waals surface area contributed by atoms with Crippen molar-refractivity contribution in [3.8, 4) is 5.75 Å². The number of hydrogen-bond acceptors (Lipinski definition) is 4. The summed E-state index contributed by atoms with van der Waals surface area (Å²) < 4.78 is 24.1. The van der Waals surface area contributed by atoms with E-state index in [0.717, 1.165) is 23.3 Å². The maximum absolute atomic E-state index is 13.3. The van der Waals surface area contributed by atoms with Crippen molar-refractivity contribution in [1.82, 2.24) is 0 Å². The zero-order chi connectivity index (χ0) is 16.7. The number of ether oxygens (including phenoxy) is 2. The second-order valence-corrected chi connectivity index (χ2v) is 5.85. The van der Waals surface area contributed by atoms with Crippen LogP contribution < -0.4 is 4.74 Å². The van der Waals surface area contributed by atoms with E-state index in [9.17, 15) is 9.18 Å². The van der Waals surface area contributed by atoms with E-state index in [4.69, 9.17) is 9.47 Å². The van der Waals surface area contributed by atoms with Gasteiger partial charge in [0, 0.05) is 12.0 Å². The van der Waals surface area contributed by atoms with Crippen LogP contribution in [0.1, 0.15) is 23.6 Å². The minimum atomic E-state index is -0.542. The van der Waals surface area contributed by atoms with Gasteiger partial charge < -0.3 is 9.47 Å². The number of benzene rings is 2. The summed E-state index contributed by atoms with van der Waals surface area (Å²) in [5.41, 5.74) is 2.59. The predicted octanol–water partition coefficient (Wildman–Crippen LogP) is 3.49. The predicted molar refractivity (Wildman–Crippen MR) is 87.2 cm³/mol. The van der Waals surface area contributed by atoms with E-state index in [2.05, 4.69) is 4.99 Å². The molecule has 5 heteroatoms. The lowest BCUT2D eigenvalue weighted by Gasteiger charge is -2.02. The lowest BCUT2D eigenvalue weighted by molar-refractivity contribution is -0.129. The van der Waals surface area contributed by atoms with Gasteiger partial charge in [0.05, 0.1) is 0 Å². The van der Waals surface area contributed by atoms with Crippen LogP contribution in [0.15, 0.2) is 53.2 Å². The summed E-state index contributed by atoms with van der Waals surface area (Å²) in [5.74, 6) is 0.0438. The lowest BCUT2D eigenvalue weighted by Crippen LogP contribution is -2.05. The van der Waals surface area contributed by atoms with Crippen molar-refractivity contribution in [3.63, 3.8) is 0 Å². The zero-order valence-corrected chi connectivity index (χ0v) is 13.0. The van der Waals surface area contributed by atoms with Crippen molar-refractivity contribution in [3.05, 3.63) is 70.7 Å². The van der Waals surface area contributed by atoms with Crippen molar-refractivity contribution >= 4 is 17.9 Å². The fraction of sp³-hybridized carbons (Fsp3) is 0.158. The van der Waals surface area contributed by atoms with Gasteiger partial charge in [0.15, 0.2) is 5.70 Å². The van der Waals surface area contributed by atoms with Gasteiger partial charge in [0.2, 0.25) is 5.90 Å². The first-order chi connectivity index (χ1) is 11.6. The van der Waals surface area contributed by atoms with E-state index in [0.29, 0.717) is 5.56 Å². The van der Waals surface area contributed by atoms with Crippen LogP contribution in [0.3, 0.4) is 0 Å². The van der Waals surface area contributed by atoms with Crippen LogP contribution >= 0.6 is 0 Å². The first kappa shape index (κ1) is 14.6. The summed E-state index contributed by atoms with van der Waals surface area (Å²) in [4.78, 5) is 16.2. The van der Waals surface area contributed by atoms with Crippen LogP contribution in [0.5, 0.6) is 5.75 Å². The molecule has 2 heterocycles. The SMILES string of the molecule is CC1Cc2cc(/C=C3/N=C(c4cccc(F)c4)OC3=O)ccc2O1. The van der Waals surface area contributed by atoms with Crippen molar-refractivity contribution in [2.24, 2.45) is 4.99 Å². The van der Waals surface area contributed by atoms with Gasteiger partial charge in [-0.3, -0.25) is 0 Å². The van der Waals surface area contributed by atoms with E-state index >= 15 is 0 Å². The Bertz CT molecular complexity index is 901. The second kappa shape index (κ2) is 5.60. The van der Waals surface area contributed by atoms with Crippen LogP contribution in [0.25, 0.3) is 6.08 Å². The Hall–Kier alpha value is -2.95. The summed E-state index contributed by atoms with van der Waals surface area (Å²) in [6.45, 7) is 2.02. The number of carbonyl (C=O) groups is 1. The number of nitrogens with zero attached hydrogens (tertiary/aromatic N) is 1. The van der Waals surface area contributed by atoms with E-state index in [-0.39, 0.29) is 17.7 Å². The average Bonchev–Trinajstić information content (AvgIpc) is 3.09. The van der Waals surface area contributed by atoms with Crippen molar-refractivity contribution in [1.29, 1.82) is 0 Å². The number of cyclic esters (lactones) is 1. The fourth-order valence-corrected chi connectivity index (χ4v) is 2.84. The minimum Gasteiger partial charge on any atom is -0.490 e. The molecule has 0 radical (unpaired) electrons. The summed E-state index contributed by atoms with van der Waals surface area (Å²) in [7, 11) is 0. The Labute approximate surface area is 138 Å². The topological polar surface area (TPSA) is 47.9 Å². The molecule has 4 nitrogen and oxygen atoms in total. The molecule has 0 saturated heterocycles. The zero-order valence-electron chi connectivity index (χ0n) is 13.0. The van der Waals surface area contributed by atoms with Gasteiger partial charge in [-0.05, 0) is 54.5 Å². The third-order valence-corrected chi connectivity index (χ3v) is 3.92. The summed E-state index contributed by atoms with van der Waals surface area (Å²) in [5, 5.41) is 0. The van der Waals surface area contributed by atoms with Crippen LogP contribution in [0.4, 0.5) is 4.39 Å². The van der Waals surface area contributed by atoms with Crippen LogP contribution in [0.2, 0.25) is 0 Å². The van der Waals surface area contributed by atoms with E-state index < -0.39 is 11.8 Å². The molecular formula is C19H14FNO3. The van der Waals surface area contributed by atoms with Gasteiger partial charge in [-0.25, -0.2) is 14.2 Å². The molecule has 4 rings (SSSR count). The molecule has 1 unspecified atom stereocenters. The first-order valence-electron chi connectivity index (χ1n) is 7.66. The van der Waals surface area contributed by atoms with Crippen LogP contribution in [0, 0.1) is 5.82 Å². The highest BCUT2D eigenvalue weighted by Crippen LogP contribution is 2.30. The third kappa shape index (κ3) is 2.69. The molecule has 2 aromatic rings. The number of fused-ring (bicyclic) bond motifs is 1. The maximum atomic E-state index is 13.3. The van der Waals surface area contributed by atoms with Gasteiger partial charge in [0.25, 0.3) is 0 Å². The van der Waals surface area contributed by atoms with Crippen molar-refractivity contribution in [2.45, 2.75) is 19.4 Å². The molecule has 0 bridgehead atoms. The minimum absolute atomic E-state index is 0.115. The number of esters is 1. The Balaban J connectivity index is 1.65. The van der Waals surface area contributed by atoms with Gasteiger partial charge in [0.1, 0.15) is 17.7 Å². The van der Waals surface area contributed by atoms with E-state index in [1.807, 2.05) is 25.1 Å². The number of carbonyl (C=O) groups excluding carboxylic acids is 1. The number of hydrogen-bond donors (Lipinski definition) is 0. The molecule has 0 saturated carbocycles. The molecule has 2 aliphatic heterocycles. The normalized spacial score (nSPS) is 20.6. The van der Waals surface area contributed by atoms with Gasteiger partial charge in [-0.2, -0.15) is 0 Å². The van der Waals surface area contributed by atoms with Gasteiger partial charge >= 0.3 is 5.97 Å². The Morgan fingerprint density at radius 2 is 2.12 bits per heavy atom. The molecule has 0 amide bonds. The highest BCUT2D eigenvalue weighted by atomic mass is 19.1. The molecule has 2 aromatic carbocycles. The summed E-state index contributed by atoms with van der Waals surface area (Å²) in [6, 6.07) is 11.5. The summed E-state index contributed by atoms with van der Waals surface area (Å²) >= 11 is 0. The molecule has 0 N–H and O–H groups in total. The van der Waals surface area contributed by atoms with E-state index in [1.165, 1.54) is 12.1 Å².